The van der Waals surface area contributed by atoms with E-state index in [-0.39, 0.29) is 18.4 Å². The molecule has 5 nitrogen and oxygen atoms in total. The van der Waals surface area contributed by atoms with Gasteiger partial charge in [0.25, 0.3) is 11.8 Å². The number of nitrogens with one attached hydrogen (secondary N) is 2. The standard InChI is InChI=1S/C18H18N2O3/c21-16-12-23-17-14(9-4-10-15(17)20-16)18(22)19-11-5-8-13-6-2-1-3-7-13/h1-4,6-7,9-10H,5,8,11-12H2,(H,19,22)(H,20,21). The molecule has 118 valence electrons. The largest absolute Gasteiger partial charge is 0.481 e. The predicted molar refractivity (Wildman–Crippen MR) is 87.7 cm³/mol. The number of benzene rings is 2. The van der Waals surface area contributed by atoms with Crippen molar-refractivity contribution >= 4 is 17.5 Å². The summed E-state index contributed by atoms with van der Waals surface area (Å²) in [5, 5.41) is 5.60. The van der Waals surface area contributed by atoms with Crippen molar-refractivity contribution in [2.75, 3.05) is 18.5 Å². The summed E-state index contributed by atoms with van der Waals surface area (Å²) in [6, 6.07) is 15.3. The van der Waals surface area contributed by atoms with Crippen LogP contribution in [0.15, 0.2) is 48.5 Å². The van der Waals surface area contributed by atoms with Gasteiger partial charge in [-0.15, -0.1) is 0 Å². The van der Waals surface area contributed by atoms with E-state index in [0.29, 0.717) is 23.5 Å². The van der Waals surface area contributed by atoms with Crippen LogP contribution in [0.4, 0.5) is 5.69 Å². The minimum Gasteiger partial charge on any atom is -0.481 e. The van der Waals surface area contributed by atoms with Crippen LogP contribution in [0, 0.1) is 0 Å². The molecule has 0 spiro atoms. The minimum atomic E-state index is -0.210. The van der Waals surface area contributed by atoms with Gasteiger partial charge in [-0.05, 0) is 30.5 Å². The first-order valence-electron chi connectivity index (χ1n) is 7.62. The SMILES string of the molecule is O=C1COc2c(cccc2C(=O)NCCCc2ccccc2)N1. The highest BCUT2D eigenvalue weighted by Gasteiger charge is 2.22. The lowest BCUT2D eigenvalue weighted by Crippen LogP contribution is -2.29. The molecule has 0 saturated carbocycles. The number of hydrogen-bond donors (Lipinski definition) is 2. The fourth-order valence-corrected chi connectivity index (χ4v) is 2.53. The van der Waals surface area contributed by atoms with Gasteiger partial charge in [-0.1, -0.05) is 36.4 Å². The first-order valence-corrected chi connectivity index (χ1v) is 7.62. The molecule has 0 aromatic heterocycles. The quantitative estimate of drug-likeness (QED) is 0.833. The molecule has 2 N–H and O–H groups in total. The third-order valence-electron chi connectivity index (χ3n) is 3.65. The van der Waals surface area contributed by atoms with Gasteiger partial charge < -0.3 is 15.4 Å². The lowest BCUT2D eigenvalue weighted by Gasteiger charge is -2.20. The number of carbonyl (C=O) groups is 2. The Bertz CT molecular complexity index is 713. The van der Waals surface area contributed by atoms with Crippen LogP contribution >= 0.6 is 0 Å². The third kappa shape index (κ3) is 3.69. The molecule has 0 atom stereocenters. The van der Waals surface area contributed by atoms with Crippen LogP contribution in [0.2, 0.25) is 0 Å². The van der Waals surface area contributed by atoms with E-state index in [0.717, 1.165) is 12.8 Å². The van der Waals surface area contributed by atoms with Crippen LogP contribution in [0.3, 0.4) is 0 Å². The maximum absolute atomic E-state index is 12.3. The summed E-state index contributed by atoms with van der Waals surface area (Å²) in [5.41, 5.74) is 2.24. The second-order valence-corrected chi connectivity index (χ2v) is 5.36. The molecule has 2 amide bonds. The van der Waals surface area contributed by atoms with Crippen LogP contribution in [-0.2, 0) is 11.2 Å². The van der Waals surface area contributed by atoms with Crippen molar-refractivity contribution in [3.05, 3.63) is 59.7 Å². The zero-order chi connectivity index (χ0) is 16.1. The number of hydrogen-bond acceptors (Lipinski definition) is 3. The number of rotatable bonds is 5. The summed E-state index contributed by atoms with van der Waals surface area (Å²) in [6.07, 6.45) is 1.78. The summed E-state index contributed by atoms with van der Waals surface area (Å²) in [7, 11) is 0. The van der Waals surface area contributed by atoms with Gasteiger partial charge in [0.15, 0.2) is 12.4 Å². The highest BCUT2D eigenvalue weighted by molar-refractivity contribution is 6.03. The molecule has 0 fully saturated rings. The van der Waals surface area contributed by atoms with Crippen LogP contribution < -0.4 is 15.4 Å². The molecule has 3 rings (SSSR count). The maximum Gasteiger partial charge on any atom is 0.262 e. The predicted octanol–water partition coefficient (Wildman–Crippen LogP) is 2.38. The first-order chi connectivity index (χ1) is 11.2. The molecule has 0 aliphatic carbocycles. The summed E-state index contributed by atoms with van der Waals surface area (Å²) in [6.45, 7) is 0.523. The molecule has 0 bridgehead atoms. The van der Waals surface area contributed by atoms with Crippen molar-refractivity contribution in [2.45, 2.75) is 12.8 Å². The Balaban J connectivity index is 1.57. The van der Waals surface area contributed by atoms with Gasteiger partial charge in [0.05, 0.1) is 11.3 Å². The molecule has 1 aliphatic heterocycles. The fraction of sp³-hybridized carbons (Fsp3) is 0.222. The summed E-state index contributed by atoms with van der Waals surface area (Å²) >= 11 is 0. The second kappa shape index (κ2) is 6.96. The number of anilines is 1. The molecule has 1 aliphatic rings. The highest BCUT2D eigenvalue weighted by Crippen LogP contribution is 2.31. The normalized spacial score (nSPS) is 12.8. The summed E-state index contributed by atoms with van der Waals surface area (Å²) < 4.78 is 5.39. The van der Waals surface area contributed by atoms with Crippen molar-refractivity contribution in [1.29, 1.82) is 0 Å². The molecular formula is C18H18N2O3. The van der Waals surface area contributed by atoms with Crippen molar-refractivity contribution in [1.82, 2.24) is 5.32 Å². The van der Waals surface area contributed by atoms with Gasteiger partial charge >= 0.3 is 0 Å². The molecule has 23 heavy (non-hydrogen) atoms. The average molecular weight is 310 g/mol. The molecular weight excluding hydrogens is 292 g/mol. The lowest BCUT2D eigenvalue weighted by molar-refractivity contribution is -0.118. The van der Waals surface area contributed by atoms with E-state index in [2.05, 4.69) is 22.8 Å². The van der Waals surface area contributed by atoms with E-state index < -0.39 is 0 Å². The fourth-order valence-electron chi connectivity index (χ4n) is 2.53. The van der Waals surface area contributed by atoms with Crippen molar-refractivity contribution < 1.29 is 14.3 Å². The van der Waals surface area contributed by atoms with Gasteiger partial charge in [0.1, 0.15) is 0 Å². The van der Waals surface area contributed by atoms with Crippen molar-refractivity contribution in [2.24, 2.45) is 0 Å². The number of fused-ring (bicyclic) bond motifs is 1. The molecule has 1 heterocycles. The zero-order valence-electron chi connectivity index (χ0n) is 12.7. The minimum absolute atomic E-state index is 0.0642. The van der Waals surface area contributed by atoms with Crippen LogP contribution in [0.5, 0.6) is 5.75 Å². The molecule has 2 aromatic rings. The molecule has 0 radical (unpaired) electrons. The molecule has 2 aromatic carbocycles. The Morgan fingerprint density at radius 1 is 1.13 bits per heavy atom. The van der Waals surface area contributed by atoms with Crippen molar-refractivity contribution in [3.8, 4) is 5.75 Å². The number of carbonyl (C=O) groups excluding carboxylic acids is 2. The van der Waals surface area contributed by atoms with E-state index in [1.165, 1.54) is 5.56 Å². The van der Waals surface area contributed by atoms with Gasteiger partial charge in [0, 0.05) is 6.54 Å². The Hall–Kier alpha value is -2.82. The van der Waals surface area contributed by atoms with Crippen LogP contribution in [0.1, 0.15) is 22.3 Å². The van der Waals surface area contributed by atoms with E-state index in [4.69, 9.17) is 4.74 Å². The third-order valence-corrected chi connectivity index (χ3v) is 3.65. The van der Waals surface area contributed by atoms with Gasteiger partial charge in [0.2, 0.25) is 0 Å². The average Bonchev–Trinajstić information content (AvgIpc) is 2.58. The highest BCUT2D eigenvalue weighted by atomic mass is 16.5. The first kappa shape index (κ1) is 15.1. The zero-order valence-corrected chi connectivity index (χ0v) is 12.7. The Labute approximate surface area is 134 Å². The number of aryl methyl sites for hydroxylation is 1. The number of ether oxygens (including phenoxy) is 1. The number of amides is 2. The van der Waals surface area contributed by atoms with Crippen LogP contribution in [0.25, 0.3) is 0 Å². The Morgan fingerprint density at radius 3 is 2.78 bits per heavy atom. The molecule has 0 saturated heterocycles. The van der Waals surface area contributed by atoms with E-state index >= 15 is 0 Å². The molecule has 0 unspecified atom stereocenters. The van der Waals surface area contributed by atoms with Crippen LogP contribution in [-0.4, -0.2) is 25.0 Å². The van der Waals surface area contributed by atoms with Gasteiger partial charge in [-0.2, -0.15) is 0 Å². The lowest BCUT2D eigenvalue weighted by atomic mass is 10.1. The van der Waals surface area contributed by atoms with Gasteiger partial charge in [-0.25, -0.2) is 0 Å². The van der Waals surface area contributed by atoms with Crippen molar-refractivity contribution in [3.63, 3.8) is 0 Å². The van der Waals surface area contributed by atoms with E-state index in [9.17, 15) is 9.59 Å². The number of para-hydroxylation sites is 1. The summed E-state index contributed by atoms with van der Waals surface area (Å²) in [5.74, 6) is 0.0386. The monoisotopic (exact) mass is 310 g/mol. The van der Waals surface area contributed by atoms with Gasteiger partial charge in [-0.3, -0.25) is 9.59 Å². The Morgan fingerprint density at radius 2 is 1.96 bits per heavy atom. The summed E-state index contributed by atoms with van der Waals surface area (Å²) in [4.78, 5) is 23.6. The Kier molecular flexibility index (Phi) is 4.57. The van der Waals surface area contributed by atoms with E-state index in [1.54, 1.807) is 18.2 Å². The maximum atomic E-state index is 12.3. The topological polar surface area (TPSA) is 67.4 Å². The second-order valence-electron chi connectivity index (χ2n) is 5.36. The molecule has 5 heteroatoms. The van der Waals surface area contributed by atoms with E-state index in [1.807, 2.05) is 18.2 Å². The smallest absolute Gasteiger partial charge is 0.262 e.